The minimum atomic E-state index is -3.71. The highest BCUT2D eigenvalue weighted by atomic mass is 32.2. The second-order valence-electron chi connectivity index (χ2n) is 6.01. The molecule has 2 aromatic heterocycles. The largest absolute Gasteiger partial charge is 0.276 e. The van der Waals surface area contributed by atoms with Crippen LogP contribution in [0.5, 0.6) is 0 Å². The monoisotopic (exact) mass is 359 g/mol. The molecular weight excluding hydrogens is 338 g/mol. The van der Waals surface area contributed by atoms with Gasteiger partial charge in [-0.2, -0.15) is 10.2 Å². The SMILES string of the molecule is Cc1nn(Cc2ccccc2)c(C)c1NS(=O)(=O)c1cnn(C)c1C. The highest BCUT2D eigenvalue weighted by molar-refractivity contribution is 7.92. The molecule has 2 heterocycles. The van der Waals surface area contributed by atoms with Crippen LogP contribution < -0.4 is 4.72 Å². The fraction of sp³-hybridized carbons (Fsp3) is 0.294. The standard InChI is InChI=1S/C17H21N5O2S/c1-12-17(20-25(23,24)16-10-18-21(4)13(16)2)14(3)22(19-12)11-15-8-6-5-7-9-15/h5-10,20H,11H2,1-4H3. The van der Waals surface area contributed by atoms with Gasteiger partial charge in [-0.05, 0) is 26.3 Å². The molecule has 0 saturated carbocycles. The molecule has 0 aliphatic heterocycles. The molecular formula is C17H21N5O2S. The Kier molecular flexibility index (Phi) is 4.38. The molecule has 0 unspecified atom stereocenters. The van der Waals surface area contributed by atoms with E-state index in [-0.39, 0.29) is 4.90 Å². The van der Waals surface area contributed by atoms with E-state index < -0.39 is 10.0 Å². The van der Waals surface area contributed by atoms with Crippen molar-refractivity contribution in [2.45, 2.75) is 32.2 Å². The molecule has 1 N–H and O–H groups in total. The van der Waals surface area contributed by atoms with Crippen molar-refractivity contribution >= 4 is 15.7 Å². The molecule has 0 aliphatic carbocycles. The third kappa shape index (κ3) is 3.30. The summed E-state index contributed by atoms with van der Waals surface area (Å²) >= 11 is 0. The van der Waals surface area contributed by atoms with Crippen molar-refractivity contribution in [3.05, 3.63) is 59.2 Å². The number of benzene rings is 1. The van der Waals surface area contributed by atoms with E-state index in [1.54, 1.807) is 25.6 Å². The van der Waals surface area contributed by atoms with Crippen LogP contribution >= 0.6 is 0 Å². The quantitative estimate of drug-likeness (QED) is 0.758. The van der Waals surface area contributed by atoms with Crippen LogP contribution in [-0.2, 0) is 23.6 Å². The van der Waals surface area contributed by atoms with Gasteiger partial charge in [-0.1, -0.05) is 30.3 Å². The maximum absolute atomic E-state index is 12.7. The van der Waals surface area contributed by atoms with Crippen molar-refractivity contribution in [1.82, 2.24) is 19.6 Å². The van der Waals surface area contributed by atoms with Crippen LogP contribution in [0.2, 0.25) is 0 Å². The van der Waals surface area contributed by atoms with E-state index in [1.165, 1.54) is 10.9 Å². The molecule has 3 aromatic rings. The Morgan fingerprint density at radius 2 is 1.76 bits per heavy atom. The van der Waals surface area contributed by atoms with Gasteiger partial charge in [0.25, 0.3) is 10.0 Å². The van der Waals surface area contributed by atoms with E-state index in [2.05, 4.69) is 14.9 Å². The zero-order valence-corrected chi connectivity index (χ0v) is 15.5. The fourth-order valence-electron chi connectivity index (χ4n) is 2.69. The summed E-state index contributed by atoms with van der Waals surface area (Å²) < 4.78 is 31.4. The molecule has 0 amide bonds. The maximum Gasteiger partial charge on any atom is 0.265 e. The van der Waals surface area contributed by atoms with Gasteiger partial charge in [-0.25, -0.2) is 8.42 Å². The zero-order valence-electron chi connectivity index (χ0n) is 14.7. The Hall–Kier alpha value is -2.61. The Balaban J connectivity index is 1.92. The fourth-order valence-corrected chi connectivity index (χ4v) is 4.07. The molecule has 1 aromatic carbocycles. The first-order valence-electron chi connectivity index (χ1n) is 7.89. The van der Waals surface area contributed by atoms with E-state index in [1.807, 2.05) is 37.3 Å². The van der Waals surface area contributed by atoms with Crippen molar-refractivity contribution in [3.63, 3.8) is 0 Å². The van der Waals surface area contributed by atoms with Crippen molar-refractivity contribution in [3.8, 4) is 0 Å². The average molecular weight is 359 g/mol. The zero-order chi connectivity index (χ0) is 18.2. The summed E-state index contributed by atoms with van der Waals surface area (Å²) in [6, 6.07) is 9.92. The molecule has 0 saturated heterocycles. The Bertz CT molecular complexity index is 1000. The third-order valence-electron chi connectivity index (χ3n) is 4.27. The molecule has 0 fully saturated rings. The average Bonchev–Trinajstić information content (AvgIpc) is 3.03. The lowest BCUT2D eigenvalue weighted by atomic mass is 10.2. The Morgan fingerprint density at radius 1 is 1.08 bits per heavy atom. The van der Waals surface area contributed by atoms with Crippen LogP contribution in [0.25, 0.3) is 0 Å². The summed E-state index contributed by atoms with van der Waals surface area (Å²) in [5.41, 5.74) is 3.61. The highest BCUT2D eigenvalue weighted by Gasteiger charge is 2.23. The number of hydrogen-bond acceptors (Lipinski definition) is 4. The predicted octanol–water partition coefficient (Wildman–Crippen LogP) is 2.39. The lowest BCUT2D eigenvalue weighted by Crippen LogP contribution is -2.15. The van der Waals surface area contributed by atoms with Crippen LogP contribution in [0.1, 0.15) is 22.6 Å². The van der Waals surface area contributed by atoms with E-state index >= 15 is 0 Å². The summed E-state index contributed by atoms with van der Waals surface area (Å²) in [7, 11) is -2.00. The number of nitrogens with one attached hydrogen (secondary N) is 1. The normalized spacial score (nSPS) is 11.7. The number of sulfonamides is 1. The number of aryl methyl sites for hydroxylation is 2. The molecule has 0 spiro atoms. The molecule has 7 nitrogen and oxygen atoms in total. The van der Waals surface area contributed by atoms with Crippen LogP contribution in [0.4, 0.5) is 5.69 Å². The van der Waals surface area contributed by atoms with Gasteiger partial charge in [0, 0.05) is 7.05 Å². The first-order chi connectivity index (χ1) is 11.8. The number of hydrogen-bond donors (Lipinski definition) is 1. The molecule has 3 rings (SSSR count). The van der Waals surface area contributed by atoms with Gasteiger partial charge in [0.1, 0.15) is 4.90 Å². The number of anilines is 1. The molecule has 0 aliphatic rings. The van der Waals surface area contributed by atoms with Gasteiger partial charge in [0.15, 0.2) is 0 Å². The number of nitrogens with zero attached hydrogens (tertiary/aromatic N) is 4. The molecule has 0 bridgehead atoms. The molecule has 8 heteroatoms. The molecule has 132 valence electrons. The van der Waals surface area contributed by atoms with Crippen molar-refractivity contribution in [2.75, 3.05) is 4.72 Å². The summed E-state index contributed by atoms with van der Waals surface area (Å²) in [5, 5.41) is 8.49. The second kappa shape index (κ2) is 6.36. The second-order valence-corrected chi connectivity index (χ2v) is 7.66. The van der Waals surface area contributed by atoms with Crippen LogP contribution in [0, 0.1) is 20.8 Å². The Labute approximate surface area is 147 Å². The maximum atomic E-state index is 12.7. The van der Waals surface area contributed by atoms with Crippen LogP contribution in [0.3, 0.4) is 0 Å². The first-order valence-corrected chi connectivity index (χ1v) is 9.37. The van der Waals surface area contributed by atoms with Gasteiger partial charge in [-0.3, -0.25) is 14.1 Å². The first kappa shape index (κ1) is 17.2. The molecule has 25 heavy (non-hydrogen) atoms. The van der Waals surface area contributed by atoms with Crippen LogP contribution in [-0.4, -0.2) is 28.0 Å². The predicted molar refractivity (Wildman–Crippen MR) is 96.0 cm³/mol. The van der Waals surface area contributed by atoms with Gasteiger partial charge < -0.3 is 0 Å². The van der Waals surface area contributed by atoms with Gasteiger partial charge >= 0.3 is 0 Å². The van der Waals surface area contributed by atoms with Gasteiger partial charge in [-0.15, -0.1) is 0 Å². The lowest BCUT2D eigenvalue weighted by Gasteiger charge is -2.09. The topological polar surface area (TPSA) is 81.8 Å². The lowest BCUT2D eigenvalue weighted by molar-refractivity contribution is 0.600. The molecule has 0 radical (unpaired) electrons. The summed E-state index contributed by atoms with van der Waals surface area (Å²) in [5.74, 6) is 0. The van der Waals surface area contributed by atoms with E-state index in [0.29, 0.717) is 23.6 Å². The summed E-state index contributed by atoms with van der Waals surface area (Å²) in [4.78, 5) is 0.171. The minimum absolute atomic E-state index is 0.171. The van der Waals surface area contributed by atoms with E-state index in [0.717, 1.165) is 11.3 Å². The minimum Gasteiger partial charge on any atom is -0.276 e. The highest BCUT2D eigenvalue weighted by Crippen LogP contribution is 2.25. The van der Waals surface area contributed by atoms with Crippen molar-refractivity contribution in [1.29, 1.82) is 0 Å². The smallest absolute Gasteiger partial charge is 0.265 e. The van der Waals surface area contributed by atoms with Gasteiger partial charge in [0.05, 0.1) is 35.5 Å². The van der Waals surface area contributed by atoms with E-state index in [4.69, 9.17) is 0 Å². The third-order valence-corrected chi connectivity index (χ3v) is 5.73. The molecule has 0 atom stereocenters. The summed E-state index contributed by atoms with van der Waals surface area (Å²) in [6.45, 7) is 5.96. The van der Waals surface area contributed by atoms with Crippen molar-refractivity contribution < 1.29 is 8.42 Å². The van der Waals surface area contributed by atoms with Gasteiger partial charge in [0.2, 0.25) is 0 Å². The van der Waals surface area contributed by atoms with Crippen molar-refractivity contribution in [2.24, 2.45) is 7.05 Å². The number of aromatic nitrogens is 4. The summed E-state index contributed by atoms with van der Waals surface area (Å²) in [6.07, 6.45) is 1.36. The van der Waals surface area contributed by atoms with Crippen LogP contribution in [0.15, 0.2) is 41.4 Å². The Morgan fingerprint density at radius 3 is 2.36 bits per heavy atom. The van der Waals surface area contributed by atoms with E-state index in [9.17, 15) is 8.42 Å². The number of rotatable bonds is 5.